The SMILES string of the molecule is Fc1ccc(C2=CC(=S)N3CC[C@H]4c5ccccc5N2[C@H]43)cc1. The van der Waals surface area contributed by atoms with Gasteiger partial charge in [-0.15, -0.1) is 0 Å². The van der Waals surface area contributed by atoms with Crippen LogP contribution in [0.3, 0.4) is 0 Å². The summed E-state index contributed by atoms with van der Waals surface area (Å²) < 4.78 is 13.3. The minimum absolute atomic E-state index is 0.213. The molecule has 1 fully saturated rings. The van der Waals surface area contributed by atoms with Crippen LogP contribution in [-0.4, -0.2) is 22.6 Å². The molecule has 4 heteroatoms. The van der Waals surface area contributed by atoms with Crippen molar-refractivity contribution < 1.29 is 4.39 Å². The van der Waals surface area contributed by atoms with Crippen molar-refractivity contribution in [3.63, 3.8) is 0 Å². The van der Waals surface area contributed by atoms with Gasteiger partial charge in [0.2, 0.25) is 0 Å². The zero-order valence-electron chi connectivity index (χ0n) is 12.4. The van der Waals surface area contributed by atoms with Gasteiger partial charge in [0.1, 0.15) is 17.0 Å². The maximum Gasteiger partial charge on any atom is 0.123 e. The van der Waals surface area contributed by atoms with E-state index in [1.165, 1.54) is 23.4 Å². The van der Waals surface area contributed by atoms with E-state index >= 15 is 0 Å². The van der Waals surface area contributed by atoms with E-state index in [-0.39, 0.29) is 12.0 Å². The Labute approximate surface area is 139 Å². The minimum atomic E-state index is -0.213. The highest BCUT2D eigenvalue weighted by atomic mass is 32.1. The van der Waals surface area contributed by atoms with Crippen molar-refractivity contribution in [2.75, 3.05) is 11.4 Å². The molecule has 2 atom stereocenters. The van der Waals surface area contributed by atoms with E-state index in [1.54, 1.807) is 0 Å². The number of halogens is 1. The van der Waals surface area contributed by atoms with E-state index < -0.39 is 0 Å². The number of nitrogens with zero attached hydrogens (tertiary/aromatic N) is 2. The van der Waals surface area contributed by atoms with Crippen molar-refractivity contribution in [1.82, 2.24) is 4.90 Å². The molecule has 0 aliphatic carbocycles. The number of hydrogen-bond acceptors (Lipinski definition) is 2. The monoisotopic (exact) mass is 322 g/mol. The number of para-hydroxylation sites is 1. The Morgan fingerprint density at radius 2 is 1.83 bits per heavy atom. The normalized spacial score (nSPS) is 24.6. The Hall–Kier alpha value is -2.20. The third kappa shape index (κ3) is 1.75. The molecule has 0 N–H and O–H groups in total. The molecule has 3 aliphatic heterocycles. The Morgan fingerprint density at radius 1 is 1.04 bits per heavy atom. The largest absolute Gasteiger partial charge is 0.341 e. The van der Waals surface area contributed by atoms with E-state index in [9.17, 15) is 4.39 Å². The summed E-state index contributed by atoms with van der Waals surface area (Å²) in [5.74, 6) is 0.281. The summed E-state index contributed by atoms with van der Waals surface area (Å²) in [4.78, 5) is 5.60. The summed E-state index contributed by atoms with van der Waals surface area (Å²) in [6.45, 7) is 1.01. The highest BCUT2D eigenvalue weighted by Gasteiger charge is 2.49. The second-order valence-corrected chi connectivity index (χ2v) is 6.72. The van der Waals surface area contributed by atoms with Crippen LogP contribution in [0.15, 0.2) is 54.6 Å². The lowest BCUT2D eigenvalue weighted by Gasteiger charge is -2.40. The number of thiocarbonyl (C=S) groups is 1. The first-order chi connectivity index (χ1) is 11.2. The smallest absolute Gasteiger partial charge is 0.123 e. The Bertz CT molecular complexity index is 843. The average molecular weight is 322 g/mol. The zero-order valence-corrected chi connectivity index (χ0v) is 13.3. The third-order valence-corrected chi connectivity index (χ3v) is 5.52. The van der Waals surface area contributed by atoms with Crippen molar-refractivity contribution in [3.8, 4) is 0 Å². The molecule has 3 aliphatic rings. The Morgan fingerprint density at radius 3 is 2.65 bits per heavy atom. The fourth-order valence-electron chi connectivity index (χ4n) is 4.20. The van der Waals surface area contributed by atoms with Gasteiger partial charge in [0.15, 0.2) is 0 Å². The molecule has 0 aromatic heterocycles. The third-order valence-electron chi connectivity index (χ3n) is 5.16. The molecular formula is C19H15FN2S. The maximum absolute atomic E-state index is 13.3. The number of fused-ring (bicyclic) bond motifs is 3. The molecule has 23 heavy (non-hydrogen) atoms. The molecule has 3 heterocycles. The first-order valence-electron chi connectivity index (χ1n) is 7.90. The van der Waals surface area contributed by atoms with Gasteiger partial charge < -0.3 is 9.80 Å². The first kappa shape index (κ1) is 13.3. The summed E-state index contributed by atoms with van der Waals surface area (Å²) in [6, 6.07) is 15.3. The molecule has 2 aromatic rings. The standard InChI is InChI=1S/C19H15FN2S/c20-13-7-5-12(6-8-13)17-11-18(23)21-10-9-15-14-3-1-2-4-16(14)22(17)19(15)21/h1-8,11,15,19H,9-10H2/t15-,19+/m0/s1. The molecule has 0 radical (unpaired) electrons. The predicted molar refractivity (Wildman–Crippen MR) is 93.7 cm³/mol. The molecule has 0 saturated carbocycles. The van der Waals surface area contributed by atoms with Gasteiger partial charge >= 0.3 is 0 Å². The van der Waals surface area contributed by atoms with E-state index in [2.05, 4.69) is 40.1 Å². The highest BCUT2D eigenvalue weighted by Crippen LogP contribution is 2.52. The fraction of sp³-hybridized carbons (Fsp3) is 0.211. The molecule has 1 saturated heterocycles. The number of anilines is 1. The van der Waals surface area contributed by atoms with Crippen LogP contribution in [0.4, 0.5) is 10.1 Å². The van der Waals surface area contributed by atoms with Crippen LogP contribution in [0.5, 0.6) is 0 Å². The molecular weight excluding hydrogens is 307 g/mol. The number of hydrogen-bond donors (Lipinski definition) is 0. The van der Waals surface area contributed by atoms with Crippen LogP contribution in [-0.2, 0) is 0 Å². The van der Waals surface area contributed by atoms with Crippen LogP contribution in [0, 0.1) is 5.82 Å². The minimum Gasteiger partial charge on any atom is -0.341 e. The average Bonchev–Trinajstić information content (AvgIpc) is 3.13. The van der Waals surface area contributed by atoms with Crippen molar-refractivity contribution in [3.05, 3.63) is 71.6 Å². The molecule has 0 bridgehead atoms. The van der Waals surface area contributed by atoms with E-state index in [0.29, 0.717) is 5.92 Å². The second kappa shape index (κ2) is 4.65. The van der Waals surface area contributed by atoms with Crippen molar-refractivity contribution in [2.24, 2.45) is 0 Å². The van der Waals surface area contributed by atoms with E-state index in [1.807, 2.05) is 12.1 Å². The van der Waals surface area contributed by atoms with Gasteiger partial charge in [-0.05, 0) is 54.0 Å². The van der Waals surface area contributed by atoms with Crippen LogP contribution in [0.25, 0.3) is 5.70 Å². The first-order valence-corrected chi connectivity index (χ1v) is 8.31. The van der Waals surface area contributed by atoms with Gasteiger partial charge in [-0.25, -0.2) is 4.39 Å². The summed E-state index contributed by atoms with van der Waals surface area (Å²) in [6.07, 6.45) is 3.46. The van der Waals surface area contributed by atoms with Crippen molar-refractivity contribution in [2.45, 2.75) is 18.5 Å². The zero-order chi connectivity index (χ0) is 15.6. The van der Waals surface area contributed by atoms with Gasteiger partial charge in [-0.3, -0.25) is 0 Å². The molecule has 114 valence electrons. The quantitative estimate of drug-likeness (QED) is 0.729. The van der Waals surface area contributed by atoms with Crippen LogP contribution >= 0.6 is 12.2 Å². The van der Waals surface area contributed by atoms with Crippen LogP contribution in [0.2, 0.25) is 0 Å². The van der Waals surface area contributed by atoms with Crippen LogP contribution in [0.1, 0.15) is 23.5 Å². The van der Waals surface area contributed by atoms with Crippen molar-refractivity contribution >= 4 is 28.6 Å². The maximum atomic E-state index is 13.3. The highest BCUT2D eigenvalue weighted by molar-refractivity contribution is 7.80. The van der Waals surface area contributed by atoms with Crippen LogP contribution < -0.4 is 4.90 Å². The number of rotatable bonds is 1. The summed E-state index contributed by atoms with van der Waals surface area (Å²) in [7, 11) is 0. The second-order valence-electron chi connectivity index (χ2n) is 6.31. The van der Waals surface area contributed by atoms with E-state index in [4.69, 9.17) is 12.2 Å². The summed E-state index contributed by atoms with van der Waals surface area (Å²) in [5.41, 5.74) is 4.74. The number of benzene rings is 2. The summed E-state index contributed by atoms with van der Waals surface area (Å²) >= 11 is 5.64. The van der Waals surface area contributed by atoms with Crippen molar-refractivity contribution in [1.29, 1.82) is 0 Å². The topological polar surface area (TPSA) is 6.48 Å². The Kier molecular flexibility index (Phi) is 2.68. The van der Waals surface area contributed by atoms with Gasteiger partial charge in [-0.2, -0.15) is 0 Å². The molecule has 0 unspecified atom stereocenters. The lowest BCUT2D eigenvalue weighted by Crippen LogP contribution is -2.48. The predicted octanol–water partition coefficient (Wildman–Crippen LogP) is 4.14. The van der Waals surface area contributed by atoms with Gasteiger partial charge in [0, 0.05) is 18.2 Å². The molecule has 5 rings (SSSR count). The van der Waals surface area contributed by atoms with Gasteiger partial charge in [-0.1, -0.05) is 30.4 Å². The lowest BCUT2D eigenvalue weighted by atomic mass is 9.98. The lowest BCUT2D eigenvalue weighted by molar-refractivity contribution is 0.392. The fourth-order valence-corrected chi connectivity index (χ4v) is 4.51. The molecule has 0 amide bonds. The molecule has 2 nitrogen and oxygen atoms in total. The summed E-state index contributed by atoms with van der Waals surface area (Å²) in [5, 5.41) is 0. The Balaban J connectivity index is 1.71. The van der Waals surface area contributed by atoms with E-state index in [0.717, 1.165) is 29.2 Å². The molecule has 2 aromatic carbocycles. The van der Waals surface area contributed by atoms with Gasteiger partial charge in [0.05, 0.1) is 5.70 Å². The molecule has 0 spiro atoms. The van der Waals surface area contributed by atoms with Gasteiger partial charge in [0.25, 0.3) is 0 Å².